The Morgan fingerprint density at radius 3 is 2.32 bits per heavy atom. The average Bonchev–Trinajstić information content (AvgIpc) is 2.40. The molecule has 5 heteroatoms. The van der Waals surface area contributed by atoms with E-state index >= 15 is 0 Å². The van der Waals surface area contributed by atoms with Gasteiger partial charge in [0.25, 0.3) is 0 Å². The van der Waals surface area contributed by atoms with Gasteiger partial charge in [0.2, 0.25) is 5.91 Å². The van der Waals surface area contributed by atoms with E-state index in [0.29, 0.717) is 12.6 Å². The van der Waals surface area contributed by atoms with Crippen LogP contribution in [0.3, 0.4) is 0 Å². The Balaban J connectivity index is 1.78. The fourth-order valence-electron chi connectivity index (χ4n) is 3.41. The van der Waals surface area contributed by atoms with E-state index in [1.807, 2.05) is 11.9 Å². The molecule has 19 heavy (non-hydrogen) atoms. The molecule has 2 N–H and O–H groups in total. The van der Waals surface area contributed by atoms with Crippen LogP contribution < -0.4 is 5.32 Å². The number of hydrogen-bond donors (Lipinski definition) is 2. The zero-order chi connectivity index (χ0) is 13.9. The quantitative estimate of drug-likeness (QED) is 0.760. The molecule has 0 spiro atoms. The van der Waals surface area contributed by atoms with Crippen molar-refractivity contribution in [2.45, 2.75) is 44.2 Å². The van der Waals surface area contributed by atoms with Crippen LogP contribution >= 0.6 is 0 Å². The van der Waals surface area contributed by atoms with Crippen LogP contribution in [0, 0.1) is 0 Å². The second kappa shape index (κ2) is 6.20. The maximum atomic E-state index is 11.3. The summed E-state index contributed by atoms with van der Waals surface area (Å²) >= 11 is 0. The maximum Gasteiger partial charge on any atom is 0.219 e. The predicted octanol–water partition coefficient (Wildman–Crippen LogP) is 0.0436. The Hall–Kier alpha value is -0.650. The molecule has 0 aromatic carbocycles. The first-order valence-electron chi connectivity index (χ1n) is 7.41. The first kappa shape index (κ1) is 14.8. The predicted molar refractivity (Wildman–Crippen MR) is 75.0 cm³/mol. The molecule has 1 aliphatic heterocycles. The van der Waals surface area contributed by atoms with Crippen molar-refractivity contribution in [3.05, 3.63) is 0 Å². The number of aliphatic hydroxyl groups is 1. The molecule has 5 nitrogen and oxygen atoms in total. The van der Waals surface area contributed by atoms with Gasteiger partial charge < -0.3 is 15.3 Å². The summed E-state index contributed by atoms with van der Waals surface area (Å²) in [5.41, 5.74) is -0.507. The van der Waals surface area contributed by atoms with Crippen molar-refractivity contribution in [1.82, 2.24) is 15.1 Å². The lowest BCUT2D eigenvalue weighted by molar-refractivity contribution is -0.131. The monoisotopic (exact) mass is 269 g/mol. The second-order valence-electron chi connectivity index (χ2n) is 6.03. The van der Waals surface area contributed by atoms with Gasteiger partial charge in [-0.05, 0) is 32.7 Å². The van der Waals surface area contributed by atoms with Crippen molar-refractivity contribution in [1.29, 1.82) is 0 Å². The number of nitrogens with one attached hydrogen (secondary N) is 1. The molecule has 1 aliphatic carbocycles. The van der Waals surface area contributed by atoms with Crippen LogP contribution in [0.1, 0.15) is 32.6 Å². The smallest absolute Gasteiger partial charge is 0.219 e. The molecule has 2 fully saturated rings. The second-order valence-corrected chi connectivity index (χ2v) is 6.03. The van der Waals surface area contributed by atoms with Gasteiger partial charge in [0, 0.05) is 45.7 Å². The Labute approximate surface area is 115 Å². The van der Waals surface area contributed by atoms with Gasteiger partial charge in [0.15, 0.2) is 0 Å². The number of carbonyl (C=O) groups excluding carboxylic acids is 1. The third-order valence-electron chi connectivity index (χ3n) is 4.67. The molecule has 110 valence electrons. The number of nitrogens with zero attached hydrogens (tertiary/aromatic N) is 2. The molecular weight excluding hydrogens is 242 g/mol. The van der Waals surface area contributed by atoms with E-state index in [0.717, 1.165) is 51.9 Å². The average molecular weight is 269 g/mol. The van der Waals surface area contributed by atoms with Gasteiger partial charge >= 0.3 is 0 Å². The lowest BCUT2D eigenvalue weighted by Crippen LogP contribution is -2.54. The third-order valence-corrected chi connectivity index (χ3v) is 4.67. The highest BCUT2D eigenvalue weighted by Crippen LogP contribution is 2.31. The van der Waals surface area contributed by atoms with E-state index in [2.05, 4.69) is 10.2 Å². The van der Waals surface area contributed by atoms with Crippen LogP contribution in [-0.2, 0) is 4.79 Å². The minimum atomic E-state index is -0.507. The molecule has 0 aromatic rings. The van der Waals surface area contributed by atoms with Crippen LogP contribution in [0.2, 0.25) is 0 Å². The van der Waals surface area contributed by atoms with Crippen molar-refractivity contribution in [2.24, 2.45) is 0 Å². The molecule has 0 bridgehead atoms. The standard InChI is InChI=1S/C14H27N3O2/c1-12(18)16-7-9-17(10-8-16)13-3-5-14(19,6-4-13)11-15-2/h13,15,19H,3-11H2,1-2H3. The molecule has 1 heterocycles. The van der Waals surface area contributed by atoms with E-state index in [9.17, 15) is 9.90 Å². The lowest BCUT2D eigenvalue weighted by Gasteiger charge is -2.44. The SMILES string of the molecule is CNCC1(O)CCC(N2CCN(C(C)=O)CC2)CC1. The fourth-order valence-corrected chi connectivity index (χ4v) is 3.41. The van der Waals surface area contributed by atoms with Crippen LogP contribution in [0.25, 0.3) is 0 Å². The molecule has 1 amide bonds. The third kappa shape index (κ3) is 3.68. The summed E-state index contributed by atoms with van der Waals surface area (Å²) in [5, 5.41) is 13.5. The van der Waals surface area contributed by atoms with Gasteiger partial charge in [0.1, 0.15) is 0 Å². The summed E-state index contributed by atoms with van der Waals surface area (Å²) < 4.78 is 0. The number of likely N-dealkylation sites (N-methyl/N-ethyl adjacent to an activating group) is 1. The van der Waals surface area contributed by atoms with Crippen molar-refractivity contribution in [3.63, 3.8) is 0 Å². The van der Waals surface area contributed by atoms with Crippen molar-refractivity contribution < 1.29 is 9.90 Å². The first-order chi connectivity index (χ1) is 9.04. The summed E-state index contributed by atoms with van der Waals surface area (Å²) in [6.45, 7) is 6.01. The molecule has 2 rings (SSSR count). The van der Waals surface area contributed by atoms with E-state index in [1.165, 1.54) is 0 Å². The summed E-state index contributed by atoms with van der Waals surface area (Å²) in [7, 11) is 1.89. The highest BCUT2D eigenvalue weighted by molar-refractivity contribution is 5.73. The van der Waals surface area contributed by atoms with Gasteiger partial charge in [-0.15, -0.1) is 0 Å². The summed E-state index contributed by atoms with van der Waals surface area (Å²) in [5.74, 6) is 0.187. The zero-order valence-corrected chi connectivity index (χ0v) is 12.2. The number of amides is 1. The van der Waals surface area contributed by atoms with E-state index in [-0.39, 0.29) is 5.91 Å². The molecule has 0 radical (unpaired) electrons. The largest absolute Gasteiger partial charge is 0.389 e. The number of rotatable bonds is 3. The molecule has 1 saturated heterocycles. The van der Waals surface area contributed by atoms with Crippen LogP contribution in [0.15, 0.2) is 0 Å². The molecule has 0 aromatic heterocycles. The molecule has 0 atom stereocenters. The maximum absolute atomic E-state index is 11.3. The van der Waals surface area contributed by atoms with Crippen LogP contribution in [-0.4, -0.2) is 72.2 Å². The van der Waals surface area contributed by atoms with Crippen molar-refractivity contribution >= 4 is 5.91 Å². The Morgan fingerprint density at radius 2 is 1.84 bits per heavy atom. The normalized spacial score (nSPS) is 33.4. The minimum absolute atomic E-state index is 0.187. The molecular formula is C14H27N3O2. The van der Waals surface area contributed by atoms with Crippen LogP contribution in [0.5, 0.6) is 0 Å². The highest BCUT2D eigenvalue weighted by Gasteiger charge is 2.35. The number of piperazine rings is 1. The Morgan fingerprint density at radius 1 is 1.26 bits per heavy atom. The van der Waals surface area contributed by atoms with Crippen molar-refractivity contribution in [2.75, 3.05) is 39.8 Å². The minimum Gasteiger partial charge on any atom is -0.389 e. The molecule has 1 saturated carbocycles. The first-order valence-corrected chi connectivity index (χ1v) is 7.41. The lowest BCUT2D eigenvalue weighted by atomic mass is 9.81. The summed E-state index contributed by atoms with van der Waals surface area (Å²) in [6.07, 6.45) is 3.90. The topological polar surface area (TPSA) is 55.8 Å². The number of hydrogen-bond acceptors (Lipinski definition) is 4. The van der Waals surface area contributed by atoms with Gasteiger partial charge in [-0.3, -0.25) is 9.69 Å². The van der Waals surface area contributed by atoms with Gasteiger partial charge in [-0.25, -0.2) is 0 Å². The summed E-state index contributed by atoms with van der Waals surface area (Å²) in [4.78, 5) is 15.7. The molecule has 2 aliphatic rings. The summed E-state index contributed by atoms with van der Waals surface area (Å²) in [6, 6.07) is 0.589. The van der Waals surface area contributed by atoms with E-state index in [4.69, 9.17) is 0 Å². The Kier molecular flexibility index (Phi) is 4.81. The van der Waals surface area contributed by atoms with Gasteiger partial charge in [0.05, 0.1) is 5.60 Å². The zero-order valence-electron chi connectivity index (χ0n) is 12.2. The fraction of sp³-hybridized carbons (Fsp3) is 0.929. The molecule has 0 unspecified atom stereocenters. The Bertz CT molecular complexity index is 306. The van der Waals surface area contributed by atoms with E-state index < -0.39 is 5.60 Å². The van der Waals surface area contributed by atoms with Crippen molar-refractivity contribution in [3.8, 4) is 0 Å². The van der Waals surface area contributed by atoms with Gasteiger partial charge in [-0.2, -0.15) is 0 Å². The van der Waals surface area contributed by atoms with Crippen LogP contribution in [0.4, 0.5) is 0 Å². The number of carbonyl (C=O) groups is 1. The van der Waals surface area contributed by atoms with Gasteiger partial charge in [-0.1, -0.05) is 0 Å². The van der Waals surface area contributed by atoms with E-state index in [1.54, 1.807) is 6.92 Å². The highest BCUT2D eigenvalue weighted by atomic mass is 16.3.